The van der Waals surface area contributed by atoms with E-state index in [2.05, 4.69) is 5.32 Å². The van der Waals surface area contributed by atoms with Gasteiger partial charge >= 0.3 is 0 Å². The Balaban J connectivity index is 1.80. The summed E-state index contributed by atoms with van der Waals surface area (Å²) in [6, 6.07) is 9.46. The zero-order valence-corrected chi connectivity index (χ0v) is 12.0. The highest BCUT2D eigenvalue weighted by atomic mass is 32.1. The molecule has 0 aliphatic heterocycles. The summed E-state index contributed by atoms with van der Waals surface area (Å²) in [6.07, 6.45) is 4.33. The predicted octanol–water partition coefficient (Wildman–Crippen LogP) is 3.77. The summed E-state index contributed by atoms with van der Waals surface area (Å²) in [5, 5.41) is 13.2. The number of Topliss-reactive ketones (excluding diaryl/α,β-unsaturated/α-hetero) is 1. The van der Waals surface area contributed by atoms with Crippen LogP contribution >= 0.6 is 12.2 Å². The summed E-state index contributed by atoms with van der Waals surface area (Å²) in [5.74, 6) is 0.135. The summed E-state index contributed by atoms with van der Waals surface area (Å²) in [7, 11) is 0. The van der Waals surface area contributed by atoms with Gasteiger partial charge in [-0.05, 0) is 30.4 Å². The quantitative estimate of drug-likeness (QED) is 0.813. The van der Waals surface area contributed by atoms with Crippen LogP contribution in [0.4, 0.5) is 5.69 Å². The maximum absolute atomic E-state index is 12.3. The third kappa shape index (κ3) is 2.36. The molecule has 2 N–H and O–H groups in total. The minimum absolute atomic E-state index is 0.0209. The fourth-order valence-corrected chi connectivity index (χ4v) is 3.45. The van der Waals surface area contributed by atoms with Crippen molar-refractivity contribution in [3.8, 4) is 0 Å². The first-order valence-electron chi connectivity index (χ1n) is 6.91. The van der Waals surface area contributed by atoms with Crippen LogP contribution in [0.1, 0.15) is 32.1 Å². The molecule has 4 heteroatoms. The third-order valence-corrected chi connectivity index (χ3v) is 4.62. The molecule has 2 aliphatic carbocycles. The first-order chi connectivity index (χ1) is 9.60. The van der Waals surface area contributed by atoms with Gasteiger partial charge in [0.15, 0.2) is 5.78 Å². The van der Waals surface area contributed by atoms with Crippen molar-refractivity contribution in [3.63, 3.8) is 0 Å². The first kappa shape index (κ1) is 13.3. The van der Waals surface area contributed by atoms with Gasteiger partial charge in [-0.3, -0.25) is 4.79 Å². The zero-order chi connectivity index (χ0) is 14.2. The fraction of sp³-hybridized carbons (Fsp3) is 0.375. The van der Waals surface area contributed by atoms with E-state index in [0.29, 0.717) is 23.4 Å². The minimum Gasteiger partial charge on any atom is -0.511 e. The minimum atomic E-state index is -0.0260. The molecule has 0 amide bonds. The van der Waals surface area contributed by atoms with Gasteiger partial charge in [0.05, 0.1) is 5.57 Å². The molecule has 1 saturated carbocycles. The maximum Gasteiger partial charge on any atom is 0.169 e. The number of allylic oxidation sites excluding steroid dienone is 1. The van der Waals surface area contributed by atoms with Crippen LogP contribution in [0.3, 0.4) is 0 Å². The second-order valence-corrected chi connectivity index (χ2v) is 6.18. The molecule has 3 nitrogen and oxygen atoms in total. The Kier molecular flexibility index (Phi) is 3.34. The number of hydrogen-bond acceptors (Lipinski definition) is 3. The SMILES string of the molecule is O=C1CC2(CCC2)CC(O)=C1C(=S)Nc1ccccc1. The fourth-order valence-electron chi connectivity index (χ4n) is 3.10. The molecule has 0 bridgehead atoms. The topological polar surface area (TPSA) is 49.3 Å². The van der Waals surface area contributed by atoms with Gasteiger partial charge in [-0.1, -0.05) is 36.8 Å². The summed E-state index contributed by atoms with van der Waals surface area (Å²) in [5.41, 5.74) is 1.16. The number of aliphatic hydroxyl groups is 1. The van der Waals surface area contributed by atoms with Gasteiger partial charge in [0.25, 0.3) is 0 Å². The van der Waals surface area contributed by atoms with Gasteiger partial charge in [-0.2, -0.15) is 0 Å². The molecule has 0 radical (unpaired) electrons. The number of anilines is 1. The summed E-state index contributed by atoms with van der Waals surface area (Å²) in [4.78, 5) is 12.6. The Hall–Kier alpha value is -1.68. The van der Waals surface area contributed by atoms with E-state index in [4.69, 9.17) is 12.2 Å². The number of aliphatic hydroxyl groups excluding tert-OH is 1. The van der Waals surface area contributed by atoms with Crippen molar-refractivity contribution in [3.05, 3.63) is 41.7 Å². The summed E-state index contributed by atoms with van der Waals surface area (Å²) < 4.78 is 0. The lowest BCUT2D eigenvalue weighted by atomic mass is 9.60. The molecule has 0 heterocycles. The van der Waals surface area contributed by atoms with E-state index < -0.39 is 0 Å². The van der Waals surface area contributed by atoms with E-state index in [0.717, 1.165) is 24.9 Å². The largest absolute Gasteiger partial charge is 0.511 e. The Bertz CT molecular complexity index is 588. The highest BCUT2D eigenvalue weighted by Crippen LogP contribution is 2.51. The van der Waals surface area contributed by atoms with Crippen molar-refractivity contribution in [1.82, 2.24) is 0 Å². The van der Waals surface area contributed by atoms with Crippen LogP contribution in [-0.4, -0.2) is 15.9 Å². The monoisotopic (exact) mass is 287 g/mol. The average molecular weight is 287 g/mol. The van der Waals surface area contributed by atoms with Gasteiger partial charge in [-0.15, -0.1) is 0 Å². The van der Waals surface area contributed by atoms with Gasteiger partial charge in [0, 0.05) is 18.5 Å². The van der Waals surface area contributed by atoms with Crippen molar-refractivity contribution >= 4 is 28.7 Å². The molecule has 3 rings (SSSR count). The van der Waals surface area contributed by atoms with E-state index in [9.17, 15) is 9.90 Å². The summed E-state index contributed by atoms with van der Waals surface area (Å²) in [6.45, 7) is 0. The standard InChI is InChI=1S/C16H17NO2S/c18-12-9-16(7-4-8-16)10-13(19)14(12)15(20)17-11-5-2-1-3-6-11/h1-3,5-6,18H,4,7-10H2,(H,17,20). The van der Waals surface area contributed by atoms with Crippen molar-refractivity contribution in [1.29, 1.82) is 0 Å². The van der Waals surface area contributed by atoms with Crippen molar-refractivity contribution in [2.75, 3.05) is 5.32 Å². The van der Waals surface area contributed by atoms with Crippen molar-refractivity contribution < 1.29 is 9.90 Å². The summed E-state index contributed by atoms with van der Waals surface area (Å²) >= 11 is 5.29. The highest BCUT2D eigenvalue weighted by molar-refractivity contribution is 7.81. The molecular weight excluding hydrogens is 270 g/mol. The number of carbonyl (C=O) groups is 1. The normalized spacial score (nSPS) is 20.7. The molecule has 1 spiro atoms. The molecule has 104 valence electrons. The van der Waals surface area contributed by atoms with Crippen molar-refractivity contribution in [2.24, 2.45) is 5.41 Å². The van der Waals surface area contributed by atoms with Crippen LogP contribution in [-0.2, 0) is 4.79 Å². The number of nitrogens with one attached hydrogen (secondary N) is 1. The Labute approximate surface area is 123 Å². The Morgan fingerprint density at radius 1 is 1.20 bits per heavy atom. The molecule has 0 atom stereocenters. The first-order valence-corrected chi connectivity index (χ1v) is 7.32. The van der Waals surface area contributed by atoms with E-state index >= 15 is 0 Å². The van der Waals surface area contributed by atoms with Gasteiger partial charge < -0.3 is 10.4 Å². The molecule has 1 fully saturated rings. The second kappa shape index (κ2) is 5.02. The van der Waals surface area contributed by atoms with Crippen molar-refractivity contribution in [2.45, 2.75) is 32.1 Å². The lowest BCUT2D eigenvalue weighted by Gasteiger charge is -2.44. The number of ketones is 1. The number of benzene rings is 1. The molecule has 2 aliphatic rings. The molecule has 1 aromatic carbocycles. The van der Waals surface area contributed by atoms with Crippen LogP contribution in [0.15, 0.2) is 41.7 Å². The number of para-hydroxylation sites is 1. The number of thiocarbonyl (C=S) groups is 1. The molecular formula is C16H17NO2S. The van der Waals surface area contributed by atoms with Gasteiger partial charge in [-0.25, -0.2) is 0 Å². The third-order valence-electron chi connectivity index (χ3n) is 4.32. The van der Waals surface area contributed by atoms with E-state index in [1.165, 1.54) is 0 Å². The van der Waals surface area contributed by atoms with Gasteiger partial charge in [0.2, 0.25) is 0 Å². The molecule has 1 aromatic rings. The Morgan fingerprint density at radius 3 is 2.45 bits per heavy atom. The van der Waals surface area contributed by atoms with E-state index in [-0.39, 0.29) is 17.0 Å². The van der Waals surface area contributed by atoms with Crippen LogP contribution in [0.5, 0.6) is 0 Å². The van der Waals surface area contributed by atoms with Crippen LogP contribution in [0.2, 0.25) is 0 Å². The maximum atomic E-state index is 12.3. The van der Waals surface area contributed by atoms with E-state index in [1.54, 1.807) is 0 Å². The van der Waals surface area contributed by atoms with Gasteiger partial charge in [0.1, 0.15) is 10.7 Å². The smallest absolute Gasteiger partial charge is 0.169 e. The molecule has 0 saturated heterocycles. The lowest BCUT2D eigenvalue weighted by Crippen LogP contribution is -2.38. The van der Waals surface area contributed by atoms with Crippen LogP contribution < -0.4 is 5.32 Å². The van der Waals surface area contributed by atoms with Crippen LogP contribution in [0.25, 0.3) is 0 Å². The second-order valence-electron chi connectivity index (χ2n) is 5.77. The molecule has 20 heavy (non-hydrogen) atoms. The number of rotatable bonds is 2. The zero-order valence-electron chi connectivity index (χ0n) is 11.2. The Morgan fingerprint density at radius 2 is 1.90 bits per heavy atom. The lowest BCUT2D eigenvalue weighted by molar-refractivity contribution is -0.120. The highest BCUT2D eigenvalue weighted by Gasteiger charge is 2.44. The van der Waals surface area contributed by atoms with Crippen LogP contribution in [0, 0.1) is 5.41 Å². The van der Waals surface area contributed by atoms with E-state index in [1.807, 2.05) is 30.3 Å². The number of carbonyl (C=O) groups excluding carboxylic acids is 1. The number of hydrogen-bond donors (Lipinski definition) is 2. The molecule has 0 unspecified atom stereocenters. The average Bonchev–Trinajstić information content (AvgIpc) is 2.37. The predicted molar refractivity (Wildman–Crippen MR) is 82.8 cm³/mol. The molecule has 0 aromatic heterocycles.